The van der Waals surface area contributed by atoms with Crippen molar-refractivity contribution in [1.29, 1.82) is 0 Å². The van der Waals surface area contributed by atoms with Crippen molar-refractivity contribution >= 4 is 21.9 Å². The Morgan fingerprint density at radius 3 is 2.40 bits per heavy atom. The second-order valence-electron chi connectivity index (χ2n) is 7.40. The van der Waals surface area contributed by atoms with Crippen LogP contribution in [0.3, 0.4) is 0 Å². The van der Waals surface area contributed by atoms with Gasteiger partial charge in [0, 0.05) is 6.07 Å². The summed E-state index contributed by atoms with van der Waals surface area (Å²) in [6.45, 7) is 4.04. The molecule has 1 N–H and O–H groups in total. The van der Waals surface area contributed by atoms with Crippen LogP contribution in [-0.4, -0.2) is 43.5 Å². The van der Waals surface area contributed by atoms with Crippen molar-refractivity contribution in [1.82, 2.24) is 4.31 Å². The lowest BCUT2D eigenvalue weighted by atomic mass is 9.96. The van der Waals surface area contributed by atoms with Crippen molar-refractivity contribution in [3.63, 3.8) is 0 Å². The number of benzene rings is 2. The summed E-state index contributed by atoms with van der Waals surface area (Å²) in [4.78, 5) is 25.2. The highest BCUT2D eigenvalue weighted by atomic mass is 32.2. The molecule has 0 radical (unpaired) electrons. The highest BCUT2D eigenvalue weighted by Gasteiger charge is 2.45. The molecule has 1 heterocycles. The first-order valence-electron chi connectivity index (χ1n) is 9.26. The fraction of sp³-hybridized carbons (Fsp3) is 0.333. The molecule has 1 aliphatic heterocycles. The maximum Gasteiger partial charge on any atom is 0.344 e. The molecule has 0 spiro atoms. The molecule has 30 heavy (non-hydrogen) atoms. The number of carbonyl (C=O) groups excluding carboxylic acids is 2. The minimum atomic E-state index is -4.25. The quantitative estimate of drug-likeness (QED) is 0.697. The monoisotopic (exact) mass is 433 g/mol. The van der Waals surface area contributed by atoms with Gasteiger partial charge in [0.05, 0.1) is 12.7 Å². The zero-order valence-corrected chi connectivity index (χ0v) is 17.9. The summed E-state index contributed by atoms with van der Waals surface area (Å²) in [6, 6.07) is 11.0. The van der Waals surface area contributed by atoms with Gasteiger partial charge in [0.2, 0.25) is 0 Å². The largest absolute Gasteiger partial charge is 0.497 e. The number of hydrogen-bond acceptors (Lipinski definition) is 7. The molecule has 0 saturated heterocycles. The van der Waals surface area contributed by atoms with Gasteiger partial charge in [-0.25, -0.2) is 13.2 Å². The van der Waals surface area contributed by atoms with Crippen LogP contribution in [0.4, 0.5) is 0 Å². The normalized spacial score (nSPS) is 16.9. The van der Waals surface area contributed by atoms with E-state index in [4.69, 9.17) is 9.47 Å². The van der Waals surface area contributed by atoms with Gasteiger partial charge in [0.1, 0.15) is 10.6 Å². The van der Waals surface area contributed by atoms with E-state index in [2.05, 4.69) is 0 Å². The van der Waals surface area contributed by atoms with Crippen LogP contribution in [0.1, 0.15) is 48.2 Å². The van der Waals surface area contributed by atoms with Crippen molar-refractivity contribution in [2.75, 3.05) is 13.8 Å². The van der Waals surface area contributed by atoms with E-state index >= 15 is 0 Å². The third kappa shape index (κ3) is 3.54. The third-order valence-electron chi connectivity index (χ3n) is 5.02. The van der Waals surface area contributed by atoms with Gasteiger partial charge >= 0.3 is 5.97 Å². The number of methoxy groups -OCH3 is 1. The molecule has 0 fully saturated rings. The summed E-state index contributed by atoms with van der Waals surface area (Å²) >= 11 is 0. The summed E-state index contributed by atoms with van der Waals surface area (Å²) in [7, 11) is -2.84. The molecule has 0 aliphatic carbocycles. The van der Waals surface area contributed by atoms with Crippen molar-refractivity contribution in [2.45, 2.75) is 37.2 Å². The molecule has 3 rings (SSSR count). The predicted molar refractivity (Wildman–Crippen MR) is 107 cm³/mol. The van der Waals surface area contributed by atoms with Gasteiger partial charge in [-0.1, -0.05) is 44.2 Å². The molecule has 0 bridgehead atoms. The van der Waals surface area contributed by atoms with E-state index < -0.39 is 34.2 Å². The first-order chi connectivity index (χ1) is 14.0. The fourth-order valence-corrected chi connectivity index (χ4v) is 4.70. The number of hydrogen-bond donors (Lipinski definition) is 1. The number of sulfonamides is 1. The second kappa shape index (κ2) is 7.73. The second-order valence-corrected chi connectivity index (χ2v) is 9.23. The van der Waals surface area contributed by atoms with Gasteiger partial charge < -0.3 is 14.6 Å². The van der Waals surface area contributed by atoms with Crippen molar-refractivity contribution in [2.24, 2.45) is 0 Å². The molecule has 8 nitrogen and oxygen atoms in total. The molecule has 160 valence electrons. The topological polar surface area (TPSA) is 110 Å². The van der Waals surface area contributed by atoms with Crippen LogP contribution in [0.25, 0.3) is 0 Å². The van der Waals surface area contributed by atoms with Crippen LogP contribution >= 0.6 is 0 Å². The molecule has 2 aromatic carbocycles. The Labute approximate surface area is 175 Å². The fourth-order valence-electron chi connectivity index (χ4n) is 3.24. The van der Waals surface area contributed by atoms with E-state index in [-0.39, 0.29) is 21.9 Å². The van der Waals surface area contributed by atoms with Gasteiger partial charge in [0.25, 0.3) is 15.9 Å². The summed E-state index contributed by atoms with van der Waals surface area (Å²) in [5, 5.41) is 10.5. The maximum atomic E-state index is 13.0. The van der Waals surface area contributed by atoms with Crippen molar-refractivity contribution < 1.29 is 32.6 Å². The van der Waals surface area contributed by atoms with Gasteiger partial charge in [0.15, 0.2) is 12.3 Å². The van der Waals surface area contributed by atoms with E-state index in [1.165, 1.54) is 32.2 Å². The Kier molecular flexibility index (Phi) is 5.62. The molecule has 0 aromatic heterocycles. The van der Waals surface area contributed by atoms with E-state index in [1.807, 2.05) is 13.8 Å². The van der Waals surface area contributed by atoms with Crippen LogP contribution < -0.4 is 4.74 Å². The number of esters is 1. The predicted octanol–water partition coefficient (Wildman–Crippen LogP) is 2.37. The number of fused-ring (bicyclic) bond motifs is 1. The van der Waals surface area contributed by atoms with Gasteiger partial charge in [-0.05, 0) is 30.0 Å². The van der Waals surface area contributed by atoms with Crippen LogP contribution in [0.15, 0.2) is 47.4 Å². The molecule has 0 unspecified atom stereocenters. The molecule has 1 atom stereocenters. The lowest BCUT2D eigenvalue weighted by Crippen LogP contribution is -2.39. The summed E-state index contributed by atoms with van der Waals surface area (Å²) in [6.07, 6.45) is 0. The summed E-state index contributed by atoms with van der Waals surface area (Å²) in [5.74, 6) is -1.70. The smallest absolute Gasteiger partial charge is 0.344 e. The number of nitrogens with zero attached hydrogens (tertiary/aromatic N) is 1. The Bertz CT molecular complexity index is 1090. The first kappa shape index (κ1) is 21.8. The zero-order valence-electron chi connectivity index (χ0n) is 17.1. The van der Waals surface area contributed by atoms with Gasteiger partial charge in [-0.2, -0.15) is 4.31 Å². The molecule has 1 amide bonds. The molecule has 1 aliphatic rings. The van der Waals surface area contributed by atoms with E-state index in [0.717, 1.165) is 0 Å². The van der Waals surface area contributed by atoms with Gasteiger partial charge in [-0.3, -0.25) is 4.79 Å². The van der Waals surface area contributed by atoms with Crippen molar-refractivity contribution in [3.05, 3.63) is 59.2 Å². The number of amides is 1. The van der Waals surface area contributed by atoms with Gasteiger partial charge in [-0.15, -0.1) is 0 Å². The molecular formula is C21H23NO7S. The van der Waals surface area contributed by atoms with E-state index in [0.29, 0.717) is 15.6 Å². The minimum absolute atomic E-state index is 0.0386. The lowest BCUT2D eigenvalue weighted by Gasteiger charge is -2.23. The maximum absolute atomic E-state index is 13.0. The number of ether oxygens (including phenoxy) is 2. The zero-order chi connectivity index (χ0) is 22.3. The first-order valence-corrected chi connectivity index (χ1v) is 10.7. The average molecular weight is 433 g/mol. The van der Waals surface area contributed by atoms with Crippen LogP contribution in [-0.2, 0) is 25.2 Å². The number of aliphatic hydroxyl groups is 1. The summed E-state index contributed by atoms with van der Waals surface area (Å²) < 4.78 is 36.6. The highest BCUT2D eigenvalue weighted by Crippen LogP contribution is 2.38. The van der Waals surface area contributed by atoms with E-state index in [1.54, 1.807) is 24.3 Å². The number of carbonyl (C=O) groups is 2. The van der Waals surface area contributed by atoms with E-state index in [9.17, 15) is 23.1 Å². The average Bonchev–Trinajstić information content (AvgIpc) is 2.91. The Morgan fingerprint density at radius 2 is 1.83 bits per heavy atom. The SMILES string of the molecule is COc1cc(C(C)C)c2c(c1)S(=O)(=O)N(COC(=O)[C@@](C)(O)c1ccccc1)C2=O. The Morgan fingerprint density at radius 1 is 1.20 bits per heavy atom. The summed E-state index contributed by atoms with van der Waals surface area (Å²) in [5.41, 5.74) is -1.17. The molecular weight excluding hydrogens is 410 g/mol. The van der Waals surface area contributed by atoms with Crippen LogP contribution in [0.2, 0.25) is 0 Å². The molecule has 9 heteroatoms. The Balaban J connectivity index is 1.90. The molecule has 2 aromatic rings. The Hall–Kier alpha value is -2.91. The van der Waals surface area contributed by atoms with Crippen molar-refractivity contribution in [3.8, 4) is 5.75 Å². The third-order valence-corrected chi connectivity index (χ3v) is 6.75. The molecule has 0 saturated carbocycles. The number of rotatable bonds is 6. The minimum Gasteiger partial charge on any atom is -0.497 e. The standard InChI is InChI=1S/C21H23NO7S/c1-13(2)16-10-15(28-4)11-17-18(16)19(23)22(30(17,26)27)12-29-20(24)21(3,25)14-8-6-5-7-9-14/h5-11,13,25H,12H2,1-4H3/t21-/m0/s1. The van der Waals surface area contributed by atoms with Crippen LogP contribution in [0, 0.1) is 0 Å². The van der Waals surface area contributed by atoms with Crippen LogP contribution in [0.5, 0.6) is 5.75 Å². The highest BCUT2D eigenvalue weighted by molar-refractivity contribution is 7.90. The lowest BCUT2D eigenvalue weighted by molar-refractivity contribution is -0.166.